The fourth-order valence-electron chi connectivity index (χ4n) is 12.4. The number of aliphatic hydroxyl groups is 1. The van der Waals surface area contributed by atoms with Gasteiger partial charge in [0.2, 0.25) is 0 Å². The van der Waals surface area contributed by atoms with Gasteiger partial charge in [-0.15, -0.1) is 0 Å². The van der Waals surface area contributed by atoms with Gasteiger partial charge in [-0.1, -0.05) is 364 Å². The van der Waals surface area contributed by atoms with Gasteiger partial charge < -0.3 is 33.8 Å². The summed E-state index contributed by atoms with van der Waals surface area (Å²) < 4.78 is 68.6. The number of ether oxygens (including phenoxy) is 4. The summed E-state index contributed by atoms with van der Waals surface area (Å²) >= 11 is 0. The van der Waals surface area contributed by atoms with Crippen LogP contribution >= 0.6 is 15.6 Å². The predicted octanol–water partition coefficient (Wildman–Crippen LogP) is 24.0. The number of hydrogen-bond donors (Lipinski definition) is 3. The fourth-order valence-corrected chi connectivity index (χ4v) is 14.0. The Morgan fingerprint density at radius 1 is 0.280 bits per heavy atom. The summed E-state index contributed by atoms with van der Waals surface area (Å²) in [6, 6.07) is 0. The molecule has 6 atom stereocenters. The Kier molecular flexibility index (Phi) is 68.7. The number of phosphoric ester groups is 2. The highest BCUT2D eigenvalue weighted by atomic mass is 31.2. The lowest BCUT2D eigenvalue weighted by molar-refractivity contribution is -0.161. The second kappa shape index (κ2) is 70.1. The highest BCUT2D eigenvalue weighted by Gasteiger charge is 2.30. The summed E-state index contributed by atoms with van der Waals surface area (Å²) in [5.74, 6) is 0.974. The van der Waals surface area contributed by atoms with E-state index in [9.17, 15) is 43.2 Å². The van der Waals surface area contributed by atoms with Crippen molar-refractivity contribution in [2.45, 2.75) is 433 Å². The van der Waals surface area contributed by atoms with E-state index in [1.54, 1.807) is 0 Å². The first-order valence-corrected chi connectivity index (χ1v) is 44.7. The van der Waals surface area contributed by atoms with Crippen molar-refractivity contribution in [2.24, 2.45) is 23.7 Å². The lowest BCUT2D eigenvalue weighted by Gasteiger charge is -2.21. The molecule has 3 N–H and O–H groups in total. The maximum atomic E-state index is 13.1. The minimum atomic E-state index is -4.96. The summed E-state index contributed by atoms with van der Waals surface area (Å²) in [4.78, 5) is 72.9. The minimum Gasteiger partial charge on any atom is -0.462 e. The van der Waals surface area contributed by atoms with Crippen molar-refractivity contribution >= 4 is 39.5 Å². The number of aliphatic hydroxyl groups excluding tert-OH is 1. The topological polar surface area (TPSA) is 237 Å². The fraction of sp³-hybridized carbons (Fsp3) is 0.951. The molecule has 0 aliphatic rings. The lowest BCUT2D eigenvalue weighted by atomic mass is 9.99. The van der Waals surface area contributed by atoms with Crippen molar-refractivity contribution in [3.8, 4) is 0 Å². The molecule has 0 radical (unpaired) electrons. The number of unbranched alkanes of at least 4 members (excludes halogenated alkanes) is 43. The second-order valence-electron chi connectivity index (χ2n) is 30.8. The van der Waals surface area contributed by atoms with E-state index >= 15 is 0 Å². The first-order valence-electron chi connectivity index (χ1n) is 41.7. The van der Waals surface area contributed by atoms with Gasteiger partial charge >= 0.3 is 39.5 Å². The van der Waals surface area contributed by atoms with Crippen molar-refractivity contribution in [3.05, 3.63) is 0 Å². The van der Waals surface area contributed by atoms with Gasteiger partial charge in [0, 0.05) is 25.7 Å². The number of phosphoric acid groups is 2. The third-order valence-corrected chi connectivity index (χ3v) is 21.1. The van der Waals surface area contributed by atoms with Gasteiger partial charge in [0.25, 0.3) is 0 Å². The van der Waals surface area contributed by atoms with Crippen molar-refractivity contribution in [3.63, 3.8) is 0 Å². The number of rotatable bonds is 78. The van der Waals surface area contributed by atoms with Crippen molar-refractivity contribution < 1.29 is 80.2 Å². The molecule has 0 aromatic heterocycles. The molecule has 0 heterocycles. The van der Waals surface area contributed by atoms with E-state index in [2.05, 4.69) is 55.4 Å². The van der Waals surface area contributed by atoms with Crippen LogP contribution in [0.4, 0.5) is 0 Å². The molecule has 0 amide bonds. The van der Waals surface area contributed by atoms with E-state index in [1.165, 1.54) is 212 Å². The van der Waals surface area contributed by atoms with Crippen molar-refractivity contribution in [1.82, 2.24) is 0 Å². The van der Waals surface area contributed by atoms with Crippen molar-refractivity contribution in [1.29, 1.82) is 0 Å². The van der Waals surface area contributed by atoms with Crippen LogP contribution in [-0.2, 0) is 65.4 Å². The van der Waals surface area contributed by atoms with Gasteiger partial charge in [-0.3, -0.25) is 37.3 Å². The maximum Gasteiger partial charge on any atom is 0.472 e. The quantitative estimate of drug-likeness (QED) is 0.0222. The zero-order valence-electron chi connectivity index (χ0n) is 65.8. The highest BCUT2D eigenvalue weighted by molar-refractivity contribution is 7.47. The molecule has 0 aromatic rings. The monoisotopic (exact) mass is 1470 g/mol. The average molecular weight is 1470 g/mol. The first kappa shape index (κ1) is 98.1. The molecule has 19 heteroatoms. The third kappa shape index (κ3) is 73.0. The largest absolute Gasteiger partial charge is 0.472 e. The Morgan fingerprint density at radius 3 is 0.710 bits per heavy atom. The summed E-state index contributed by atoms with van der Waals surface area (Å²) in [6.45, 7) is 14.2. The Hall–Kier alpha value is -1.94. The van der Waals surface area contributed by atoms with Gasteiger partial charge in [-0.05, 0) is 49.4 Å². The molecule has 0 bridgehead atoms. The molecule has 0 aromatic carbocycles. The molecule has 0 spiro atoms. The molecule has 0 saturated carbocycles. The summed E-state index contributed by atoms with van der Waals surface area (Å²) in [5, 5.41) is 10.6. The van der Waals surface area contributed by atoms with E-state index in [0.29, 0.717) is 31.6 Å². The molecule has 100 heavy (non-hydrogen) atoms. The van der Waals surface area contributed by atoms with Crippen LogP contribution in [0.3, 0.4) is 0 Å². The molecule has 0 rings (SSSR count). The second-order valence-corrected chi connectivity index (χ2v) is 33.7. The zero-order valence-corrected chi connectivity index (χ0v) is 67.6. The SMILES string of the molecule is CCC(C)CCCCCCCCCCCCCCCCCCCCC(=O)OC[C@H](COP(=O)(O)OC[C@@H](O)COP(=O)(O)OC[C@@H](COC(=O)CCCCCCCCC(C)C)OC(=O)CCCCCCCCCCCCCCCC(C)C)OC(=O)CCCCCCCCCCCCC(C)C. The van der Waals surface area contributed by atoms with Crippen molar-refractivity contribution in [2.75, 3.05) is 39.6 Å². The molecule has 0 aliphatic carbocycles. The van der Waals surface area contributed by atoms with Gasteiger partial charge in [0.1, 0.15) is 19.3 Å². The summed E-state index contributed by atoms with van der Waals surface area (Å²) in [5.41, 5.74) is 0. The van der Waals surface area contributed by atoms with Crippen LogP contribution < -0.4 is 0 Å². The normalized spacial score (nSPS) is 14.3. The number of hydrogen-bond acceptors (Lipinski definition) is 15. The molecular weight excluding hydrogens is 1310 g/mol. The smallest absolute Gasteiger partial charge is 0.462 e. The Bertz CT molecular complexity index is 1960. The van der Waals surface area contributed by atoms with E-state index in [4.69, 9.17) is 37.0 Å². The lowest BCUT2D eigenvalue weighted by Crippen LogP contribution is -2.30. The predicted molar refractivity (Wildman–Crippen MR) is 409 cm³/mol. The van der Waals surface area contributed by atoms with Gasteiger partial charge in [-0.25, -0.2) is 9.13 Å². The van der Waals surface area contributed by atoms with E-state index in [0.717, 1.165) is 114 Å². The molecular formula is C81H158O17P2. The summed E-state index contributed by atoms with van der Waals surface area (Å²) in [7, 11) is -9.92. The summed E-state index contributed by atoms with van der Waals surface area (Å²) in [6.07, 6.45) is 57.1. The van der Waals surface area contributed by atoms with Gasteiger partial charge in [0.05, 0.1) is 26.4 Å². The Labute approximate surface area is 613 Å². The van der Waals surface area contributed by atoms with Crippen LogP contribution in [-0.4, -0.2) is 96.7 Å². The van der Waals surface area contributed by atoms with Gasteiger partial charge in [-0.2, -0.15) is 0 Å². The van der Waals surface area contributed by atoms with Crippen LogP contribution in [0.5, 0.6) is 0 Å². The van der Waals surface area contributed by atoms with E-state index in [-0.39, 0.29) is 25.7 Å². The van der Waals surface area contributed by atoms with Gasteiger partial charge in [0.15, 0.2) is 12.2 Å². The maximum absolute atomic E-state index is 13.1. The number of carbonyl (C=O) groups excluding carboxylic acids is 4. The van der Waals surface area contributed by atoms with Crippen LogP contribution in [0.25, 0.3) is 0 Å². The van der Waals surface area contributed by atoms with Crippen LogP contribution in [0.1, 0.15) is 415 Å². The Balaban J connectivity index is 5.17. The van der Waals surface area contributed by atoms with Crippen LogP contribution in [0.15, 0.2) is 0 Å². The molecule has 3 unspecified atom stereocenters. The Morgan fingerprint density at radius 2 is 0.480 bits per heavy atom. The van der Waals surface area contributed by atoms with Crippen LogP contribution in [0.2, 0.25) is 0 Å². The van der Waals surface area contributed by atoms with E-state index in [1.807, 2.05) is 0 Å². The molecule has 0 saturated heterocycles. The van der Waals surface area contributed by atoms with Crippen LogP contribution in [0, 0.1) is 23.7 Å². The first-order chi connectivity index (χ1) is 48.1. The zero-order chi connectivity index (χ0) is 73.8. The molecule has 594 valence electrons. The number of carbonyl (C=O) groups is 4. The number of esters is 4. The third-order valence-electron chi connectivity index (χ3n) is 19.2. The average Bonchev–Trinajstić information content (AvgIpc) is 0.940. The molecule has 0 fully saturated rings. The van der Waals surface area contributed by atoms with E-state index < -0.39 is 97.5 Å². The molecule has 17 nitrogen and oxygen atoms in total. The molecule has 0 aliphatic heterocycles. The minimum absolute atomic E-state index is 0.106. The highest BCUT2D eigenvalue weighted by Crippen LogP contribution is 2.45. The standard InChI is InChI=1S/C81H158O17P2/c1-9-74(8)60-52-44-35-29-22-18-14-12-10-11-13-15-19-23-30-36-45-53-61-78(83)91-67-76(97-81(86)64-56-48-38-32-26-25-28-34-42-50-58-72(4)5)69-95-99(87,88)93-65-75(82)66-94-100(89,90)96-70-77(68-92-79(84)62-54-46-40-39-43-51-59-73(6)7)98-80(85)63-55-47-37-31-24-20-16-17-21-27-33-41-49-57-71(2)3/h71-77,82H,9-70H2,1-8H3,(H,87,88)(H,89,90)/t74?,75-,76-,77-/m1/s1.